The minimum atomic E-state index is -0.873. The van der Waals surface area contributed by atoms with E-state index in [0.29, 0.717) is 16.8 Å². The highest BCUT2D eigenvalue weighted by atomic mass is 16.4. The summed E-state index contributed by atoms with van der Waals surface area (Å²) in [5.74, 6) is -1.05. The largest absolute Gasteiger partial charge is 0.481 e. The molecule has 0 heterocycles. The van der Waals surface area contributed by atoms with E-state index in [1.54, 1.807) is 30.3 Å². The number of carbonyl (C=O) groups is 2. The van der Waals surface area contributed by atoms with Gasteiger partial charge in [0.2, 0.25) is 0 Å². The molecule has 0 aromatic heterocycles. The first-order valence-corrected chi connectivity index (χ1v) is 6.65. The van der Waals surface area contributed by atoms with Crippen molar-refractivity contribution in [3.8, 4) is 0 Å². The number of amides is 1. The quantitative estimate of drug-likeness (QED) is 0.905. The second-order valence-corrected chi connectivity index (χ2v) is 5.02. The van der Waals surface area contributed by atoms with E-state index in [4.69, 9.17) is 5.11 Å². The van der Waals surface area contributed by atoms with Crippen molar-refractivity contribution in [1.29, 1.82) is 0 Å². The molecular formula is C17H17NO3. The molecule has 0 aliphatic rings. The summed E-state index contributed by atoms with van der Waals surface area (Å²) in [4.78, 5) is 22.7. The number of hydrogen-bond donors (Lipinski definition) is 2. The number of hydrogen-bond acceptors (Lipinski definition) is 2. The third kappa shape index (κ3) is 3.92. The Kier molecular flexibility index (Phi) is 4.38. The molecule has 4 nitrogen and oxygen atoms in total. The molecule has 0 aliphatic heterocycles. The summed E-state index contributed by atoms with van der Waals surface area (Å²) in [6, 6.07) is 12.4. The highest BCUT2D eigenvalue weighted by molar-refractivity contribution is 6.04. The number of carboxylic acids is 1. The molecule has 0 spiro atoms. The molecule has 1 amide bonds. The van der Waals surface area contributed by atoms with Crippen LogP contribution in [0.5, 0.6) is 0 Å². The van der Waals surface area contributed by atoms with Gasteiger partial charge in [-0.15, -0.1) is 0 Å². The zero-order valence-corrected chi connectivity index (χ0v) is 12.0. The van der Waals surface area contributed by atoms with Crippen LogP contribution in [0.4, 0.5) is 5.69 Å². The van der Waals surface area contributed by atoms with Gasteiger partial charge in [-0.1, -0.05) is 18.2 Å². The van der Waals surface area contributed by atoms with E-state index in [0.717, 1.165) is 11.1 Å². The van der Waals surface area contributed by atoms with Crippen LogP contribution in [0.2, 0.25) is 0 Å². The van der Waals surface area contributed by atoms with Crippen LogP contribution in [0, 0.1) is 13.8 Å². The first-order valence-electron chi connectivity index (χ1n) is 6.65. The maximum atomic E-state index is 12.1. The lowest BCUT2D eigenvalue weighted by Gasteiger charge is -2.08. The van der Waals surface area contributed by atoms with Crippen LogP contribution < -0.4 is 5.32 Å². The van der Waals surface area contributed by atoms with Crippen LogP contribution in [0.3, 0.4) is 0 Å². The number of rotatable bonds is 4. The Morgan fingerprint density at radius 3 is 2.24 bits per heavy atom. The standard InChI is InChI=1S/C17H17NO3/c1-11-3-6-14(9-12(11)2)17(21)18-15-7-4-13(5-8-15)10-16(19)20/h3-9H,10H2,1-2H3,(H,18,21)(H,19,20). The average molecular weight is 283 g/mol. The smallest absolute Gasteiger partial charge is 0.307 e. The van der Waals surface area contributed by atoms with Gasteiger partial charge in [0.05, 0.1) is 6.42 Å². The second kappa shape index (κ2) is 6.22. The Hall–Kier alpha value is -2.62. The predicted octanol–water partition coefficient (Wildman–Crippen LogP) is 3.18. The van der Waals surface area contributed by atoms with Crippen molar-refractivity contribution in [3.05, 3.63) is 64.7 Å². The van der Waals surface area contributed by atoms with E-state index in [9.17, 15) is 9.59 Å². The maximum absolute atomic E-state index is 12.1. The minimum Gasteiger partial charge on any atom is -0.481 e. The molecular weight excluding hydrogens is 266 g/mol. The van der Waals surface area contributed by atoms with Crippen LogP contribution in [-0.2, 0) is 11.2 Å². The third-order valence-electron chi connectivity index (χ3n) is 3.34. The fraction of sp³-hybridized carbons (Fsp3) is 0.176. The SMILES string of the molecule is Cc1ccc(C(=O)Nc2ccc(CC(=O)O)cc2)cc1C. The minimum absolute atomic E-state index is 0.0224. The molecule has 2 aromatic rings. The molecule has 4 heteroatoms. The summed E-state index contributed by atoms with van der Waals surface area (Å²) in [7, 11) is 0. The molecule has 21 heavy (non-hydrogen) atoms. The molecule has 0 aliphatic carbocycles. The Morgan fingerprint density at radius 1 is 1.00 bits per heavy atom. The molecule has 0 fully saturated rings. The Morgan fingerprint density at radius 2 is 1.67 bits per heavy atom. The van der Waals surface area contributed by atoms with Crippen molar-refractivity contribution in [1.82, 2.24) is 0 Å². The average Bonchev–Trinajstić information content (AvgIpc) is 2.43. The van der Waals surface area contributed by atoms with Crippen molar-refractivity contribution in [2.45, 2.75) is 20.3 Å². The number of anilines is 1. The van der Waals surface area contributed by atoms with Crippen molar-refractivity contribution in [2.75, 3.05) is 5.32 Å². The molecule has 0 atom stereocenters. The van der Waals surface area contributed by atoms with Crippen LogP contribution in [0.15, 0.2) is 42.5 Å². The molecule has 108 valence electrons. The van der Waals surface area contributed by atoms with Crippen molar-refractivity contribution < 1.29 is 14.7 Å². The Bertz CT molecular complexity index is 675. The zero-order chi connectivity index (χ0) is 15.4. The normalized spacial score (nSPS) is 10.2. The highest BCUT2D eigenvalue weighted by Crippen LogP contribution is 2.14. The number of carboxylic acid groups (broad SMARTS) is 1. The van der Waals surface area contributed by atoms with Gasteiger partial charge in [0.15, 0.2) is 0 Å². The lowest BCUT2D eigenvalue weighted by atomic mass is 10.1. The summed E-state index contributed by atoms with van der Waals surface area (Å²) < 4.78 is 0. The summed E-state index contributed by atoms with van der Waals surface area (Å²) in [6.45, 7) is 3.96. The van der Waals surface area contributed by atoms with Crippen LogP contribution in [0.1, 0.15) is 27.0 Å². The fourth-order valence-corrected chi connectivity index (χ4v) is 1.97. The maximum Gasteiger partial charge on any atom is 0.307 e. The Balaban J connectivity index is 2.08. The van der Waals surface area contributed by atoms with Gasteiger partial charge < -0.3 is 10.4 Å². The van der Waals surface area contributed by atoms with E-state index < -0.39 is 5.97 Å². The number of aliphatic carboxylic acids is 1. The molecule has 2 N–H and O–H groups in total. The van der Waals surface area contributed by atoms with Crippen LogP contribution in [-0.4, -0.2) is 17.0 Å². The molecule has 0 saturated carbocycles. The van der Waals surface area contributed by atoms with Gasteiger partial charge in [-0.05, 0) is 54.8 Å². The molecule has 0 radical (unpaired) electrons. The third-order valence-corrected chi connectivity index (χ3v) is 3.34. The van der Waals surface area contributed by atoms with Gasteiger partial charge in [-0.3, -0.25) is 9.59 Å². The number of carbonyl (C=O) groups excluding carboxylic acids is 1. The molecule has 2 aromatic carbocycles. The van der Waals surface area contributed by atoms with Gasteiger partial charge >= 0.3 is 5.97 Å². The summed E-state index contributed by atoms with van der Waals surface area (Å²) >= 11 is 0. The van der Waals surface area contributed by atoms with E-state index in [1.165, 1.54) is 0 Å². The molecule has 2 rings (SSSR count). The second-order valence-electron chi connectivity index (χ2n) is 5.02. The predicted molar refractivity (Wildman–Crippen MR) is 81.7 cm³/mol. The lowest BCUT2D eigenvalue weighted by molar-refractivity contribution is -0.136. The van der Waals surface area contributed by atoms with Gasteiger partial charge in [-0.25, -0.2) is 0 Å². The van der Waals surface area contributed by atoms with Crippen molar-refractivity contribution in [3.63, 3.8) is 0 Å². The number of benzene rings is 2. The van der Waals surface area contributed by atoms with Gasteiger partial charge in [0.25, 0.3) is 5.91 Å². The van der Waals surface area contributed by atoms with Gasteiger partial charge in [0, 0.05) is 11.3 Å². The summed E-state index contributed by atoms with van der Waals surface area (Å²) in [5.41, 5.74) is 4.16. The van der Waals surface area contributed by atoms with Crippen molar-refractivity contribution in [2.24, 2.45) is 0 Å². The lowest BCUT2D eigenvalue weighted by Crippen LogP contribution is -2.12. The van der Waals surface area contributed by atoms with Gasteiger partial charge in [0.1, 0.15) is 0 Å². The fourth-order valence-electron chi connectivity index (χ4n) is 1.97. The monoisotopic (exact) mass is 283 g/mol. The van der Waals surface area contributed by atoms with E-state index in [1.807, 2.05) is 26.0 Å². The molecule has 0 unspecified atom stereocenters. The van der Waals surface area contributed by atoms with Crippen LogP contribution in [0.25, 0.3) is 0 Å². The topological polar surface area (TPSA) is 66.4 Å². The summed E-state index contributed by atoms with van der Waals surface area (Å²) in [5, 5.41) is 11.5. The first kappa shape index (κ1) is 14.8. The van der Waals surface area contributed by atoms with E-state index >= 15 is 0 Å². The van der Waals surface area contributed by atoms with E-state index in [-0.39, 0.29) is 12.3 Å². The van der Waals surface area contributed by atoms with Crippen molar-refractivity contribution >= 4 is 17.6 Å². The van der Waals surface area contributed by atoms with E-state index in [2.05, 4.69) is 5.32 Å². The highest BCUT2D eigenvalue weighted by Gasteiger charge is 2.07. The zero-order valence-electron chi connectivity index (χ0n) is 12.0. The van der Waals surface area contributed by atoms with Gasteiger partial charge in [-0.2, -0.15) is 0 Å². The summed E-state index contributed by atoms with van der Waals surface area (Å²) in [6.07, 6.45) is -0.0224. The molecule has 0 saturated heterocycles. The number of aryl methyl sites for hydroxylation is 2. The number of nitrogens with one attached hydrogen (secondary N) is 1. The first-order chi connectivity index (χ1) is 9.95. The van der Waals surface area contributed by atoms with Crippen LogP contribution >= 0.6 is 0 Å². The molecule has 0 bridgehead atoms. The Labute approximate surface area is 123 Å².